The Hall–Kier alpha value is -2.30. The predicted molar refractivity (Wildman–Crippen MR) is 59.7 cm³/mol. The zero-order valence-electron chi connectivity index (χ0n) is 8.53. The average Bonchev–Trinajstić information content (AvgIpc) is 2.81. The van der Waals surface area contributed by atoms with Crippen molar-refractivity contribution in [1.82, 2.24) is 15.3 Å². The molecular formula is C11H11N4O. The van der Waals surface area contributed by atoms with Gasteiger partial charge in [-0.05, 0) is 6.07 Å². The van der Waals surface area contributed by atoms with Crippen molar-refractivity contribution in [3.05, 3.63) is 48.5 Å². The Morgan fingerprint density at radius 2 is 2.44 bits per heavy atom. The molecule has 0 aliphatic rings. The van der Waals surface area contributed by atoms with E-state index in [0.29, 0.717) is 18.1 Å². The van der Waals surface area contributed by atoms with Gasteiger partial charge in [-0.1, -0.05) is 18.2 Å². The van der Waals surface area contributed by atoms with Crippen LogP contribution in [0.5, 0.6) is 0 Å². The second-order valence-corrected chi connectivity index (χ2v) is 3.12. The van der Waals surface area contributed by atoms with Crippen molar-refractivity contribution in [2.45, 2.75) is 6.54 Å². The number of benzene rings is 1. The summed E-state index contributed by atoms with van der Waals surface area (Å²) in [6.07, 6.45) is 3.35. The molecule has 1 heterocycles. The van der Waals surface area contributed by atoms with Crippen LogP contribution in [0, 0.1) is 6.07 Å². The maximum Gasteiger partial charge on any atom is 0.319 e. The SMILES string of the molecule is O=C(NCc1ncc[nH]1)Nc1[c]cccc1. The van der Waals surface area contributed by atoms with Gasteiger partial charge < -0.3 is 15.6 Å². The minimum Gasteiger partial charge on any atom is -0.347 e. The third-order valence-corrected chi connectivity index (χ3v) is 1.93. The summed E-state index contributed by atoms with van der Waals surface area (Å²) in [6, 6.07) is 9.80. The number of nitrogens with zero attached hydrogens (tertiary/aromatic N) is 1. The molecule has 81 valence electrons. The molecule has 0 aliphatic heterocycles. The maximum absolute atomic E-state index is 11.4. The fraction of sp³-hybridized carbons (Fsp3) is 0.0909. The van der Waals surface area contributed by atoms with E-state index < -0.39 is 0 Å². The first kappa shape index (κ1) is 10.2. The molecule has 2 aromatic rings. The van der Waals surface area contributed by atoms with Crippen molar-refractivity contribution in [2.75, 3.05) is 5.32 Å². The Balaban J connectivity index is 1.81. The molecule has 0 atom stereocenters. The number of urea groups is 1. The van der Waals surface area contributed by atoms with Crippen LogP contribution < -0.4 is 10.6 Å². The normalized spacial score (nSPS) is 9.75. The highest BCUT2D eigenvalue weighted by Gasteiger charge is 2.01. The number of aromatic amines is 1. The largest absolute Gasteiger partial charge is 0.347 e. The van der Waals surface area contributed by atoms with E-state index in [1.165, 1.54) is 0 Å². The first-order valence-corrected chi connectivity index (χ1v) is 4.84. The molecule has 1 aromatic carbocycles. The third kappa shape index (κ3) is 2.84. The highest BCUT2D eigenvalue weighted by Crippen LogP contribution is 2.03. The topological polar surface area (TPSA) is 69.8 Å². The Bertz CT molecular complexity index is 438. The molecule has 1 aromatic heterocycles. The van der Waals surface area contributed by atoms with Crippen LogP contribution in [0.25, 0.3) is 0 Å². The van der Waals surface area contributed by atoms with Crippen molar-refractivity contribution in [3.8, 4) is 0 Å². The molecule has 2 amide bonds. The van der Waals surface area contributed by atoms with E-state index >= 15 is 0 Å². The Morgan fingerprint density at radius 1 is 1.50 bits per heavy atom. The fourth-order valence-corrected chi connectivity index (χ4v) is 1.20. The number of carbonyl (C=O) groups is 1. The van der Waals surface area contributed by atoms with Crippen LogP contribution in [-0.2, 0) is 6.54 Å². The van der Waals surface area contributed by atoms with Crippen LogP contribution in [0.2, 0.25) is 0 Å². The van der Waals surface area contributed by atoms with Gasteiger partial charge in [-0.15, -0.1) is 0 Å². The van der Waals surface area contributed by atoms with Gasteiger partial charge in [0.05, 0.1) is 12.2 Å². The smallest absolute Gasteiger partial charge is 0.319 e. The average molecular weight is 215 g/mol. The minimum atomic E-state index is -0.279. The summed E-state index contributed by atoms with van der Waals surface area (Å²) in [6.45, 7) is 0.367. The summed E-state index contributed by atoms with van der Waals surface area (Å²) in [5.41, 5.74) is 0.638. The Labute approximate surface area is 92.9 Å². The molecule has 0 aliphatic carbocycles. The quantitative estimate of drug-likeness (QED) is 0.726. The number of carbonyl (C=O) groups excluding carboxylic acids is 1. The maximum atomic E-state index is 11.4. The van der Waals surface area contributed by atoms with E-state index in [9.17, 15) is 4.79 Å². The number of hydrogen-bond donors (Lipinski definition) is 3. The van der Waals surface area contributed by atoms with E-state index in [-0.39, 0.29) is 6.03 Å². The number of hydrogen-bond acceptors (Lipinski definition) is 2. The lowest BCUT2D eigenvalue weighted by Crippen LogP contribution is -2.28. The summed E-state index contributed by atoms with van der Waals surface area (Å²) >= 11 is 0. The van der Waals surface area contributed by atoms with Crippen molar-refractivity contribution in [3.63, 3.8) is 0 Å². The molecular weight excluding hydrogens is 204 g/mol. The van der Waals surface area contributed by atoms with E-state index in [0.717, 1.165) is 0 Å². The molecule has 0 saturated heterocycles. The van der Waals surface area contributed by atoms with Crippen LogP contribution >= 0.6 is 0 Å². The Kier molecular flexibility index (Phi) is 3.18. The lowest BCUT2D eigenvalue weighted by molar-refractivity contribution is 0.251. The van der Waals surface area contributed by atoms with Gasteiger partial charge in [-0.25, -0.2) is 9.78 Å². The number of para-hydroxylation sites is 1. The summed E-state index contributed by atoms with van der Waals surface area (Å²) < 4.78 is 0. The molecule has 3 N–H and O–H groups in total. The predicted octanol–water partition coefficient (Wildman–Crippen LogP) is 1.53. The Morgan fingerprint density at radius 3 is 3.12 bits per heavy atom. The molecule has 5 nitrogen and oxygen atoms in total. The monoisotopic (exact) mass is 215 g/mol. The number of H-pyrrole nitrogens is 1. The summed E-state index contributed by atoms with van der Waals surface area (Å²) in [5, 5.41) is 5.33. The van der Waals surface area contributed by atoms with E-state index in [1.807, 2.05) is 12.1 Å². The second-order valence-electron chi connectivity index (χ2n) is 3.12. The summed E-state index contributed by atoms with van der Waals surface area (Å²) in [5.74, 6) is 0.715. The first-order valence-electron chi connectivity index (χ1n) is 4.84. The van der Waals surface area contributed by atoms with Crippen LogP contribution in [-0.4, -0.2) is 16.0 Å². The van der Waals surface area contributed by atoms with Gasteiger partial charge in [0, 0.05) is 18.5 Å². The standard InChI is InChI=1S/C11H11N4O/c16-11(14-8-10-12-6-7-13-10)15-9-4-2-1-3-5-9/h1-4,6-7H,8H2,(H,12,13)(H2,14,15,16). The second kappa shape index (κ2) is 4.97. The van der Waals surface area contributed by atoms with Gasteiger partial charge >= 0.3 is 6.03 Å². The molecule has 0 saturated carbocycles. The number of amides is 2. The first-order chi connectivity index (χ1) is 7.84. The lowest BCUT2D eigenvalue weighted by atomic mass is 10.3. The number of anilines is 1. The van der Waals surface area contributed by atoms with Crippen LogP contribution in [0.1, 0.15) is 5.82 Å². The third-order valence-electron chi connectivity index (χ3n) is 1.93. The molecule has 1 radical (unpaired) electrons. The minimum absolute atomic E-state index is 0.279. The number of rotatable bonds is 3. The van der Waals surface area contributed by atoms with E-state index in [2.05, 4.69) is 26.7 Å². The summed E-state index contributed by atoms with van der Waals surface area (Å²) in [7, 11) is 0. The van der Waals surface area contributed by atoms with Gasteiger partial charge in [0.15, 0.2) is 0 Å². The van der Waals surface area contributed by atoms with E-state index in [4.69, 9.17) is 0 Å². The number of nitrogens with one attached hydrogen (secondary N) is 3. The van der Waals surface area contributed by atoms with Crippen molar-refractivity contribution < 1.29 is 4.79 Å². The number of aromatic nitrogens is 2. The molecule has 2 rings (SSSR count). The van der Waals surface area contributed by atoms with Gasteiger partial charge in [0.1, 0.15) is 5.82 Å². The van der Waals surface area contributed by atoms with Gasteiger partial charge in [-0.2, -0.15) is 0 Å². The summed E-state index contributed by atoms with van der Waals surface area (Å²) in [4.78, 5) is 18.3. The highest BCUT2D eigenvalue weighted by molar-refractivity contribution is 5.88. The number of imidazole rings is 1. The molecule has 16 heavy (non-hydrogen) atoms. The van der Waals surface area contributed by atoms with Crippen LogP contribution in [0.3, 0.4) is 0 Å². The molecule has 0 bridgehead atoms. The van der Waals surface area contributed by atoms with Gasteiger partial charge in [0.25, 0.3) is 0 Å². The van der Waals surface area contributed by atoms with Crippen molar-refractivity contribution in [2.24, 2.45) is 0 Å². The van der Waals surface area contributed by atoms with E-state index in [1.54, 1.807) is 24.5 Å². The molecule has 0 fully saturated rings. The van der Waals surface area contributed by atoms with Crippen LogP contribution in [0.15, 0.2) is 36.7 Å². The molecule has 0 spiro atoms. The molecule has 5 heteroatoms. The molecule has 0 unspecified atom stereocenters. The highest BCUT2D eigenvalue weighted by atomic mass is 16.2. The zero-order valence-corrected chi connectivity index (χ0v) is 8.53. The lowest BCUT2D eigenvalue weighted by Gasteiger charge is -2.05. The van der Waals surface area contributed by atoms with Gasteiger partial charge in [-0.3, -0.25) is 0 Å². The van der Waals surface area contributed by atoms with Crippen molar-refractivity contribution in [1.29, 1.82) is 0 Å². The van der Waals surface area contributed by atoms with Crippen molar-refractivity contribution >= 4 is 11.7 Å². The van der Waals surface area contributed by atoms with Crippen LogP contribution in [0.4, 0.5) is 10.5 Å². The fourth-order valence-electron chi connectivity index (χ4n) is 1.20. The zero-order chi connectivity index (χ0) is 11.2. The van der Waals surface area contributed by atoms with Gasteiger partial charge in [0.2, 0.25) is 0 Å².